The summed E-state index contributed by atoms with van der Waals surface area (Å²) in [6.07, 6.45) is 1.69. The van der Waals surface area contributed by atoms with Crippen molar-refractivity contribution >= 4 is 28.2 Å². The number of nitrogens with one attached hydrogen (secondary N) is 2. The van der Waals surface area contributed by atoms with Crippen LogP contribution in [0.25, 0.3) is 11.0 Å². The minimum Gasteiger partial charge on any atom is -0.492 e. The smallest absolute Gasteiger partial charge is 0.177 e. The molecule has 3 aromatic rings. The monoisotopic (exact) mass is 340 g/mol. The maximum Gasteiger partial charge on any atom is 0.177 e. The first-order chi connectivity index (χ1) is 11.9. The van der Waals surface area contributed by atoms with E-state index >= 15 is 0 Å². The van der Waals surface area contributed by atoms with Crippen molar-refractivity contribution in [2.45, 2.75) is 26.3 Å². The zero-order valence-corrected chi connectivity index (χ0v) is 14.7. The Hall–Kier alpha value is -2.89. The molecule has 130 valence electrons. The van der Waals surface area contributed by atoms with Crippen molar-refractivity contribution in [2.75, 3.05) is 17.7 Å². The summed E-state index contributed by atoms with van der Waals surface area (Å²) in [6.45, 7) is 6.22. The van der Waals surface area contributed by atoms with Gasteiger partial charge in [0.1, 0.15) is 5.82 Å². The third kappa shape index (κ3) is 3.96. The first-order valence-electron chi connectivity index (χ1n) is 8.00. The van der Waals surface area contributed by atoms with E-state index in [0.29, 0.717) is 11.4 Å². The Morgan fingerprint density at radius 3 is 2.60 bits per heavy atom. The first-order valence-corrected chi connectivity index (χ1v) is 8.00. The first kappa shape index (κ1) is 17.0. The summed E-state index contributed by atoms with van der Waals surface area (Å²) in [6, 6.07) is 10.4. The molecule has 0 aliphatic rings. The molecule has 2 N–H and O–H groups in total. The lowest BCUT2D eigenvalue weighted by Crippen LogP contribution is -2.26. The Morgan fingerprint density at radius 1 is 1.08 bits per heavy atom. The summed E-state index contributed by atoms with van der Waals surface area (Å²) in [5.41, 5.74) is 2.69. The summed E-state index contributed by atoms with van der Waals surface area (Å²) in [7, 11) is 1.44. The van der Waals surface area contributed by atoms with Crippen LogP contribution in [0.2, 0.25) is 0 Å². The molecular formula is C19H21FN4O. The van der Waals surface area contributed by atoms with Gasteiger partial charge in [0.05, 0.1) is 35.7 Å². The molecule has 2 aromatic heterocycles. The molecule has 0 amide bonds. The summed E-state index contributed by atoms with van der Waals surface area (Å²) < 4.78 is 18.9. The van der Waals surface area contributed by atoms with E-state index in [-0.39, 0.29) is 11.3 Å². The Labute approximate surface area is 146 Å². The number of pyridine rings is 2. The Balaban J connectivity index is 1.94. The molecule has 5 nitrogen and oxygen atoms in total. The predicted molar refractivity (Wildman–Crippen MR) is 99.1 cm³/mol. The van der Waals surface area contributed by atoms with E-state index in [4.69, 9.17) is 4.74 Å². The average Bonchev–Trinajstić information content (AvgIpc) is 2.53. The van der Waals surface area contributed by atoms with Crippen LogP contribution in [-0.4, -0.2) is 22.6 Å². The molecule has 0 unspecified atom stereocenters. The molecule has 0 bridgehead atoms. The van der Waals surface area contributed by atoms with Crippen LogP contribution in [0.15, 0.2) is 42.6 Å². The van der Waals surface area contributed by atoms with Crippen molar-refractivity contribution in [3.05, 3.63) is 48.4 Å². The molecule has 0 atom stereocenters. The van der Waals surface area contributed by atoms with Gasteiger partial charge >= 0.3 is 0 Å². The van der Waals surface area contributed by atoms with Gasteiger partial charge in [-0.3, -0.25) is 4.98 Å². The number of rotatable bonds is 4. The van der Waals surface area contributed by atoms with Gasteiger partial charge in [0.15, 0.2) is 11.6 Å². The third-order valence-corrected chi connectivity index (χ3v) is 3.49. The molecular weight excluding hydrogens is 319 g/mol. The third-order valence-electron chi connectivity index (χ3n) is 3.49. The number of benzene rings is 1. The summed E-state index contributed by atoms with van der Waals surface area (Å²) in [4.78, 5) is 9.01. The minimum absolute atomic E-state index is 0.0844. The SMILES string of the molecule is COc1c(F)cccc1Nc1cnc2ccc(NC(C)(C)C)nc2c1. The van der Waals surface area contributed by atoms with E-state index in [9.17, 15) is 4.39 Å². The number of hydrogen-bond acceptors (Lipinski definition) is 5. The lowest BCUT2D eigenvalue weighted by molar-refractivity contribution is 0.388. The molecule has 0 radical (unpaired) electrons. The van der Waals surface area contributed by atoms with Crippen LogP contribution in [0.3, 0.4) is 0 Å². The summed E-state index contributed by atoms with van der Waals surface area (Å²) in [5.74, 6) is 0.525. The van der Waals surface area contributed by atoms with Gasteiger partial charge in [-0.1, -0.05) is 6.07 Å². The molecule has 1 aromatic carbocycles. The molecule has 2 heterocycles. The topological polar surface area (TPSA) is 59.1 Å². The number of hydrogen-bond donors (Lipinski definition) is 2. The lowest BCUT2D eigenvalue weighted by atomic mass is 10.1. The van der Waals surface area contributed by atoms with Crippen molar-refractivity contribution in [3.8, 4) is 5.75 Å². The number of nitrogens with zero attached hydrogens (tertiary/aromatic N) is 2. The fourth-order valence-corrected chi connectivity index (χ4v) is 2.50. The van der Waals surface area contributed by atoms with Crippen LogP contribution in [-0.2, 0) is 0 Å². The van der Waals surface area contributed by atoms with Gasteiger partial charge in [-0.2, -0.15) is 0 Å². The molecule has 6 heteroatoms. The highest BCUT2D eigenvalue weighted by Gasteiger charge is 2.12. The molecule has 0 saturated carbocycles. The van der Waals surface area contributed by atoms with Crippen molar-refractivity contribution in [1.29, 1.82) is 0 Å². The molecule has 0 spiro atoms. The predicted octanol–water partition coefficient (Wildman–Crippen LogP) is 4.73. The molecule has 0 aliphatic carbocycles. The number of aromatic nitrogens is 2. The van der Waals surface area contributed by atoms with E-state index in [1.807, 2.05) is 18.2 Å². The van der Waals surface area contributed by atoms with Crippen LogP contribution in [0.1, 0.15) is 20.8 Å². The van der Waals surface area contributed by atoms with Crippen molar-refractivity contribution in [2.24, 2.45) is 0 Å². The standard InChI is InChI=1S/C19H21FN4O/c1-19(2,3)24-17-9-8-14-16(23-17)10-12(11-21-14)22-15-7-5-6-13(20)18(15)25-4/h5-11,22H,1-4H3,(H,23,24). The number of para-hydroxylation sites is 1. The van der Waals surface area contributed by atoms with Crippen LogP contribution in [0.5, 0.6) is 5.75 Å². The minimum atomic E-state index is -0.420. The van der Waals surface area contributed by atoms with Gasteiger partial charge in [0.2, 0.25) is 0 Å². The van der Waals surface area contributed by atoms with Crippen molar-refractivity contribution in [3.63, 3.8) is 0 Å². The fourth-order valence-electron chi connectivity index (χ4n) is 2.50. The van der Waals surface area contributed by atoms with E-state index in [2.05, 4.69) is 41.4 Å². The maximum atomic E-state index is 13.8. The number of anilines is 3. The Morgan fingerprint density at radius 2 is 1.88 bits per heavy atom. The van der Waals surface area contributed by atoms with Crippen molar-refractivity contribution in [1.82, 2.24) is 9.97 Å². The normalized spacial score (nSPS) is 11.4. The van der Waals surface area contributed by atoms with Crippen LogP contribution in [0, 0.1) is 5.82 Å². The van der Waals surface area contributed by atoms with Crippen LogP contribution >= 0.6 is 0 Å². The molecule has 0 saturated heterocycles. The summed E-state index contributed by atoms with van der Waals surface area (Å²) >= 11 is 0. The van der Waals surface area contributed by atoms with Gasteiger partial charge in [0, 0.05) is 5.54 Å². The average molecular weight is 340 g/mol. The highest BCUT2D eigenvalue weighted by Crippen LogP contribution is 2.30. The largest absolute Gasteiger partial charge is 0.492 e. The van der Waals surface area contributed by atoms with Gasteiger partial charge < -0.3 is 15.4 Å². The van der Waals surface area contributed by atoms with E-state index < -0.39 is 5.82 Å². The number of methoxy groups -OCH3 is 1. The Kier molecular flexibility index (Phi) is 4.44. The van der Waals surface area contributed by atoms with Gasteiger partial charge in [-0.15, -0.1) is 0 Å². The van der Waals surface area contributed by atoms with Crippen LogP contribution in [0.4, 0.5) is 21.6 Å². The van der Waals surface area contributed by atoms with E-state index in [1.54, 1.807) is 18.3 Å². The highest BCUT2D eigenvalue weighted by atomic mass is 19.1. The molecule has 0 aliphatic heterocycles. The quantitative estimate of drug-likeness (QED) is 0.719. The second kappa shape index (κ2) is 6.55. The highest BCUT2D eigenvalue weighted by molar-refractivity contribution is 5.81. The molecule has 25 heavy (non-hydrogen) atoms. The second-order valence-corrected chi connectivity index (χ2v) is 6.78. The lowest BCUT2D eigenvalue weighted by Gasteiger charge is -2.21. The maximum absolute atomic E-state index is 13.8. The fraction of sp³-hybridized carbons (Fsp3) is 0.263. The number of halogens is 1. The van der Waals surface area contributed by atoms with E-state index in [1.165, 1.54) is 13.2 Å². The van der Waals surface area contributed by atoms with Crippen LogP contribution < -0.4 is 15.4 Å². The molecule has 0 fully saturated rings. The zero-order valence-electron chi connectivity index (χ0n) is 14.7. The second-order valence-electron chi connectivity index (χ2n) is 6.78. The number of ether oxygens (including phenoxy) is 1. The zero-order chi connectivity index (χ0) is 18.0. The van der Waals surface area contributed by atoms with Gasteiger partial charge in [0.25, 0.3) is 0 Å². The van der Waals surface area contributed by atoms with E-state index in [0.717, 1.165) is 16.9 Å². The van der Waals surface area contributed by atoms with Gasteiger partial charge in [-0.05, 0) is 51.1 Å². The van der Waals surface area contributed by atoms with Crippen molar-refractivity contribution < 1.29 is 9.13 Å². The number of fused-ring (bicyclic) bond motifs is 1. The van der Waals surface area contributed by atoms with Gasteiger partial charge in [-0.25, -0.2) is 9.37 Å². The Bertz CT molecular complexity index is 906. The summed E-state index contributed by atoms with van der Waals surface area (Å²) in [5, 5.41) is 6.48. The molecule has 3 rings (SSSR count).